The molecule has 0 bridgehead atoms. The number of rotatable bonds is 6. The van der Waals surface area contributed by atoms with Gasteiger partial charge in [0, 0.05) is 11.6 Å². The van der Waals surface area contributed by atoms with Gasteiger partial charge in [-0.05, 0) is 32.9 Å². The molecule has 26 heavy (non-hydrogen) atoms. The number of thioether (sulfide) groups is 1. The highest BCUT2D eigenvalue weighted by molar-refractivity contribution is 8.01. The second-order valence-electron chi connectivity index (χ2n) is 5.63. The Balaban J connectivity index is 1.71. The van der Waals surface area contributed by atoms with Crippen molar-refractivity contribution >= 4 is 35.3 Å². The minimum atomic E-state index is -0.481. The smallest absolute Gasteiger partial charge is 0.269 e. The summed E-state index contributed by atoms with van der Waals surface area (Å²) in [6, 6.07) is 8.56. The van der Waals surface area contributed by atoms with E-state index in [1.54, 1.807) is 32.0 Å². The van der Waals surface area contributed by atoms with E-state index < -0.39 is 17.1 Å². The van der Waals surface area contributed by atoms with E-state index >= 15 is 0 Å². The molecule has 1 atom stereocenters. The van der Waals surface area contributed by atoms with Gasteiger partial charge in [0.2, 0.25) is 11.8 Å². The predicted molar refractivity (Wildman–Crippen MR) is 98.6 cm³/mol. The fourth-order valence-electron chi connectivity index (χ4n) is 1.87. The van der Waals surface area contributed by atoms with Gasteiger partial charge in [-0.25, -0.2) is 0 Å². The van der Waals surface area contributed by atoms with Crippen molar-refractivity contribution < 1.29 is 18.9 Å². The van der Waals surface area contributed by atoms with Crippen LogP contribution in [0.15, 0.2) is 34.9 Å². The highest BCUT2D eigenvalue weighted by atomic mass is 32.2. The largest absolute Gasteiger partial charge is 0.360 e. The maximum absolute atomic E-state index is 12.0. The van der Waals surface area contributed by atoms with Gasteiger partial charge in [-0.2, -0.15) is 0 Å². The summed E-state index contributed by atoms with van der Waals surface area (Å²) >= 11 is 1.13. The zero-order chi connectivity index (χ0) is 19.1. The molecule has 0 aliphatic heterocycles. The number of hydrogen-bond donors (Lipinski definition) is 3. The first-order chi connectivity index (χ1) is 12.3. The Morgan fingerprint density at radius 1 is 1.15 bits per heavy atom. The summed E-state index contributed by atoms with van der Waals surface area (Å²) in [6.07, 6.45) is 0. The van der Waals surface area contributed by atoms with Gasteiger partial charge in [0.15, 0.2) is 5.82 Å². The lowest BCUT2D eigenvalue weighted by Gasteiger charge is -2.11. The van der Waals surface area contributed by atoms with Crippen LogP contribution in [0.1, 0.15) is 28.6 Å². The average molecular weight is 376 g/mol. The van der Waals surface area contributed by atoms with Gasteiger partial charge in [-0.3, -0.25) is 25.2 Å². The monoisotopic (exact) mass is 376 g/mol. The van der Waals surface area contributed by atoms with Crippen LogP contribution in [0.3, 0.4) is 0 Å². The molecule has 0 aliphatic carbocycles. The van der Waals surface area contributed by atoms with Crippen molar-refractivity contribution in [2.24, 2.45) is 0 Å². The summed E-state index contributed by atoms with van der Waals surface area (Å²) in [5.74, 6) is -0.178. The molecule has 0 fully saturated rings. The quantitative estimate of drug-likeness (QED) is 0.663. The van der Waals surface area contributed by atoms with Crippen molar-refractivity contribution in [1.82, 2.24) is 16.0 Å². The van der Waals surface area contributed by atoms with Crippen LogP contribution in [0.25, 0.3) is 0 Å². The standard InChI is InChI=1S/C17H20N4O4S/c1-10-4-6-13(7-5-10)17(24)20-19-15(22)9-26-12(3)16(23)18-14-8-11(2)25-21-14/h4-8,12H,9H2,1-3H3,(H,19,22)(H,20,24)(H,18,21,23)/t12-/m0/s1. The topological polar surface area (TPSA) is 113 Å². The van der Waals surface area contributed by atoms with Crippen molar-refractivity contribution in [2.45, 2.75) is 26.0 Å². The van der Waals surface area contributed by atoms with Gasteiger partial charge in [0.1, 0.15) is 5.76 Å². The predicted octanol–water partition coefficient (Wildman–Crippen LogP) is 1.81. The van der Waals surface area contributed by atoms with Gasteiger partial charge < -0.3 is 9.84 Å². The molecule has 3 N–H and O–H groups in total. The Morgan fingerprint density at radius 2 is 1.85 bits per heavy atom. The summed E-state index contributed by atoms with van der Waals surface area (Å²) in [5.41, 5.74) is 6.14. The third-order valence-corrected chi connectivity index (χ3v) is 4.49. The Labute approximate surface area is 155 Å². The third-order valence-electron chi connectivity index (χ3n) is 3.34. The van der Waals surface area contributed by atoms with E-state index in [1.165, 1.54) is 0 Å². The number of carbonyl (C=O) groups excluding carboxylic acids is 3. The third kappa shape index (κ3) is 5.92. The van der Waals surface area contributed by atoms with E-state index in [4.69, 9.17) is 4.52 Å². The molecule has 1 aromatic carbocycles. The number of nitrogens with zero attached hydrogens (tertiary/aromatic N) is 1. The van der Waals surface area contributed by atoms with Crippen molar-refractivity contribution in [3.05, 3.63) is 47.2 Å². The number of amides is 3. The van der Waals surface area contributed by atoms with Gasteiger partial charge in [0.25, 0.3) is 5.91 Å². The number of hydrazine groups is 1. The lowest BCUT2D eigenvalue weighted by Crippen LogP contribution is -2.42. The average Bonchev–Trinajstić information content (AvgIpc) is 3.02. The molecule has 138 valence electrons. The molecular weight excluding hydrogens is 356 g/mol. The molecule has 0 saturated carbocycles. The van der Waals surface area contributed by atoms with Crippen LogP contribution in [-0.2, 0) is 9.59 Å². The van der Waals surface area contributed by atoms with Gasteiger partial charge in [-0.15, -0.1) is 11.8 Å². The fourth-order valence-corrected chi connectivity index (χ4v) is 2.55. The number of anilines is 1. The number of aryl methyl sites for hydroxylation is 2. The first-order valence-corrected chi connectivity index (χ1v) is 8.91. The second-order valence-corrected chi connectivity index (χ2v) is 6.96. The minimum Gasteiger partial charge on any atom is -0.360 e. The van der Waals surface area contributed by atoms with Crippen LogP contribution in [0.2, 0.25) is 0 Å². The molecule has 3 amide bonds. The van der Waals surface area contributed by atoms with Crippen molar-refractivity contribution in [1.29, 1.82) is 0 Å². The molecule has 0 aliphatic rings. The molecule has 0 spiro atoms. The highest BCUT2D eigenvalue weighted by Crippen LogP contribution is 2.14. The van der Waals surface area contributed by atoms with Crippen molar-refractivity contribution in [3.63, 3.8) is 0 Å². The first kappa shape index (κ1) is 19.5. The Kier molecular flexibility index (Phi) is 6.79. The molecule has 2 rings (SSSR count). The van der Waals surface area contributed by atoms with Crippen molar-refractivity contribution in [2.75, 3.05) is 11.1 Å². The molecule has 9 heteroatoms. The van der Waals surface area contributed by atoms with E-state index in [2.05, 4.69) is 21.3 Å². The fraction of sp³-hybridized carbons (Fsp3) is 0.294. The van der Waals surface area contributed by atoms with Crippen LogP contribution in [0.4, 0.5) is 5.82 Å². The maximum Gasteiger partial charge on any atom is 0.269 e. The molecule has 1 aromatic heterocycles. The minimum absolute atomic E-state index is 0.0145. The lowest BCUT2D eigenvalue weighted by molar-refractivity contribution is -0.119. The van der Waals surface area contributed by atoms with Gasteiger partial charge in [-0.1, -0.05) is 22.9 Å². The van der Waals surface area contributed by atoms with Crippen LogP contribution >= 0.6 is 11.8 Å². The molecule has 8 nitrogen and oxygen atoms in total. The normalized spacial score (nSPS) is 11.5. The lowest BCUT2D eigenvalue weighted by atomic mass is 10.1. The summed E-state index contributed by atoms with van der Waals surface area (Å²) < 4.78 is 4.86. The number of carbonyl (C=O) groups is 3. The molecular formula is C17H20N4O4S. The maximum atomic E-state index is 12.0. The van der Waals surface area contributed by atoms with Crippen LogP contribution < -0.4 is 16.2 Å². The molecule has 0 unspecified atom stereocenters. The summed E-state index contributed by atoms with van der Waals surface area (Å²) in [6.45, 7) is 5.31. The summed E-state index contributed by atoms with van der Waals surface area (Å²) in [5, 5.41) is 5.79. The molecule has 1 heterocycles. The van der Waals surface area contributed by atoms with Crippen molar-refractivity contribution in [3.8, 4) is 0 Å². The molecule has 2 aromatic rings. The SMILES string of the molecule is Cc1ccc(C(=O)NNC(=O)CS[C@@H](C)C(=O)Nc2cc(C)on2)cc1. The summed E-state index contributed by atoms with van der Waals surface area (Å²) in [7, 11) is 0. The van der Waals surface area contributed by atoms with E-state index in [9.17, 15) is 14.4 Å². The zero-order valence-corrected chi connectivity index (χ0v) is 15.5. The number of nitrogens with one attached hydrogen (secondary N) is 3. The zero-order valence-electron chi connectivity index (χ0n) is 14.7. The van der Waals surface area contributed by atoms with E-state index in [0.29, 0.717) is 17.1 Å². The Morgan fingerprint density at radius 3 is 2.46 bits per heavy atom. The van der Waals surface area contributed by atoms with Gasteiger partial charge in [0.05, 0.1) is 11.0 Å². The summed E-state index contributed by atoms with van der Waals surface area (Å²) in [4.78, 5) is 35.7. The van der Waals surface area contributed by atoms with E-state index in [-0.39, 0.29) is 11.7 Å². The van der Waals surface area contributed by atoms with Crippen LogP contribution in [-0.4, -0.2) is 33.9 Å². The van der Waals surface area contributed by atoms with E-state index in [0.717, 1.165) is 17.3 Å². The van der Waals surface area contributed by atoms with Crippen LogP contribution in [0, 0.1) is 13.8 Å². The van der Waals surface area contributed by atoms with Crippen LogP contribution in [0.5, 0.6) is 0 Å². The second kappa shape index (κ2) is 9.04. The highest BCUT2D eigenvalue weighted by Gasteiger charge is 2.17. The first-order valence-electron chi connectivity index (χ1n) is 7.87. The number of aromatic nitrogens is 1. The number of benzene rings is 1. The van der Waals surface area contributed by atoms with E-state index in [1.807, 2.05) is 19.1 Å². The molecule has 0 radical (unpaired) electrons. The Hall–Kier alpha value is -2.81. The molecule has 0 saturated heterocycles. The Bertz CT molecular complexity index is 788. The number of hydrogen-bond acceptors (Lipinski definition) is 6. The van der Waals surface area contributed by atoms with Gasteiger partial charge >= 0.3 is 0 Å².